The quantitative estimate of drug-likeness (QED) is 0.368. The third-order valence-electron chi connectivity index (χ3n) is 3.96. The van der Waals surface area contributed by atoms with Crippen LogP contribution in [0.25, 0.3) is 11.3 Å². The number of halogens is 1. The van der Waals surface area contributed by atoms with E-state index in [1.54, 1.807) is 23.0 Å². The lowest BCUT2D eigenvalue weighted by atomic mass is 10.2. The number of rotatable bonds is 7. The average Bonchev–Trinajstić information content (AvgIpc) is 3.10. The van der Waals surface area contributed by atoms with Gasteiger partial charge in [0.1, 0.15) is 0 Å². The minimum atomic E-state index is 0.0665. The van der Waals surface area contributed by atoms with Crippen LogP contribution in [0.4, 0.5) is 0 Å². The first kappa shape index (κ1) is 21.1. The number of hydrogen-bond donors (Lipinski definition) is 1. The number of nitrogens with zero attached hydrogens (tertiary/aromatic N) is 3. The lowest BCUT2D eigenvalue weighted by Crippen LogP contribution is -2.13. The van der Waals surface area contributed by atoms with Crippen LogP contribution in [-0.4, -0.2) is 29.1 Å². The van der Waals surface area contributed by atoms with E-state index in [-0.39, 0.29) is 5.75 Å². The van der Waals surface area contributed by atoms with Crippen molar-refractivity contribution in [3.63, 3.8) is 0 Å². The normalized spacial score (nSPS) is 11.9. The van der Waals surface area contributed by atoms with Gasteiger partial charge in [-0.25, -0.2) is 4.68 Å². The van der Waals surface area contributed by atoms with Crippen LogP contribution in [0.1, 0.15) is 19.4 Å². The molecule has 1 N–H and O–H groups in total. The molecule has 0 aliphatic heterocycles. The van der Waals surface area contributed by atoms with Crippen LogP contribution in [0.5, 0.6) is 11.5 Å². The van der Waals surface area contributed by atoms with Crippen molar-refractivity contribution in [3.8, 4) is 22.8 Å². The number of hydrogen-bond acceptors (Lipinski definition) is 5. The second-order valence-electron chi connectivity index (χ2n) is 6.34. The van der Waals surface area contributed by atoms with Crippen LogP contribution in [0.3, 0.4) is 0 Å². The minimum absolute atomic E-state index is 0.0665. The van der Waals surface area contributed by atoms with Gasteiger partial charge < -0.3 is 9.84 Å². The van der Waals surface area contributed by atoms with Crippen LogP contribution in [0.15, 0.2) is 74.6 Å². The lowest BCUT2D eigenvalue weighted by Gasteiger charge is -2.08. The fraction of sp³-hybridized carbons (Fsp3) is 0.182. The highest BCUT2D eigenvalue weighted by atomic mass is 79.9. The van der Waals surface area contributed by atoms with E-state index in [1.807, 2.05) is 49.6 Å². The number of thiazole rings is 1. The summed E-state index contributed by atoms with van der Waals surface area (Å²) in [6.45, 7) is 8.74. The Kier molecular flexibility index (Phi) is 7.06. The van der Waals surface area contributed by atoms with Gasteiger partial charge in [-0.15, -0.1) is 11.3 Å². The first-order valence-electron chi connectivity index (χ1n) is 9.10. The summed E-state index contributed by atoms with van der Waals surface area (Å²) in [7, 11) is 0. The molecule has 0 unspecified atom stereocenters. The maximum absolute atomic E-state index is 10.5. The Bertz CT molecular complexity index is 1120. The SMILES string of the molecule is C=C(C)CN=c1scc(-c2ccccc2Br)n1N=Cc1cccc(OCC)c1O. The zero-order chi connectivity index (χ0) is 20.8. The molecule has 2 aromatic carbocycles. The van der Waals surface area contributed by atoms with Crippen molar-refractivity contribution in [2.75, 3.05) is 13.2 Å². The van der Waals surface area contributed by atoms with E-state index in [9.17, 15) is 5.11 Å². The van der Waals surface area contributed by atoms with Crippen molar-refractivity contribution in [1.29, 1.82) is 0 Å². The molecule has 150 valence electrons. The highest BCUT2D eigenvalue weighted by Crippen LogP contribution is 2.30. The molecule has 7 heteroatoms. The Morgan fingerprint density at radius 3 is 2.79 bits per heavy atom. The van der Waals surface area contributed by atoms with Gasteiger partial charge in [0.15, 0.2) is 11.5 Å². The predicted molar refractivity (Wildman–Crippen MR) is 123 cm³/mol. The minimum Gasteiger partial charge on any atom is -0.504 e. The molecular formula is C22H22BrN3O2S. The average molecular weight is 472 g/mol. The summed E-state index contributed by atoms with van der Waals surface area (Å²) >= 11 is 5.12. The third kappa shape index (κ3) is 5.05. The van der Waals surface area contributed by atoms with E-state index < -0.39 is 0 Å². The molecule has 0 radical (unpaired) electrons. The number of aromatic hydroxyl groups is 1. The van der Waals surface area contributed by atoms with Gasteiger partial charge in [0.25, 0.3) is 0 Å². The van der Waals surface area contributed by atoms with E-state index in [2.05, 4.69) is 32.6 Å². The van der Waals surface area contributed by atoms with E-state index in [1.165, 1.54) is 11.3 Å². The van der Waals surface area contributed by atoms with Crippen molar-refractivity contribution < 1.29 is 9.84 Å². The third-order valence-corrected chi connectivity index (χ3v) is 5.51. The molecule has 0 fully saturated rings. The van der Waals surface area contributed by atoms with Gasteiger partial charge in [0.05, 0.1) is 25.1 Å². The van der Waals surface area contributed by atoms with E-state index in [0.29, 0.717) is 24.5 Å². The summed E-state index contributed by atoms with van der Waals surface area (Å²) in [5.41, 5.74) is 3.45. The maximum Gasteiger partial charge on any atom is 0.206 e. The van der Waals surface area contributed by atoms with Gasteiger partial charge >= 0.3 is 0 Å². The summed E-state index contributed by atoms with van der Waals surface area (Å²) in [4.78, 5) is 5.37. The van der Waals surface area contributed by atoms with Crippen LogP contribution in [0.2, 0.25) is 0 Å². The number of phenolic OH excluding ortho intramolecular Hbond substituents is 1. The Morgan fingerprint density at radius 1 is 1.28 bits per heavy atom. The second kappa shape index (κ2) is 9.71. The van der Waals surface area contributed by atoms with Crippen molar-refractivity contribution >= 4 is 33.5 Å². The summed E-state index contributed by atoms with van der Waals surface area (Å²) in [6.07, 6.45) is 1.62. The number of aromatic nitrogens is 1. The van der Waals surface area contributed by atoms with Crippen molar-refractivity contribution in [3.05, 3.63) is 74.8 Å². The fourth-order valence-corrected chi connectivity index (χ4v) is 3.93. The molecule has 1 heterocycles. The predicted octanol–water partition coefficient (Wildman–Crippen LogP) is 5.44. The molecule has 29 heavy (non-hydrogen) atoms. The highest BCUT2D eigenvalue weighted by Gasteiger charge is 2.11. The summed E-state index contributed by atoms with van der Waals surface area (Å²) in [6, 6.07) is 13.3. The van der Waals surface area contributed by atoms with Gasteiger partial charge in [0, 0.05) is 21.0 Å². The smallest absolute Gasteiger partial charge is 0.206 e. The monoisotopic (exact) mass is 471 g/mol. The van der Waals surface area contributed by atoms with E-state index >= 15 is 0 Å². The summed E-state index contributed by atoms with van der Waals surface area (Å²) in [5, 5.41) is 17.1. The summed E-state index contributed by atoms with van der Waals surface area (Å²) in [5.74, 6) is 0.502. The molecule has 0 saturated carbocycles. The first-order valence-corrected chi connectivity index (χ1v) is 10.8. The summed E-state index contributed by atoms with van der Waals surface area (Å²) < 4.78 is 8.21. The van der Waals surface area contributed by atoms with Gasteiger partial charge in [-0.1, -0.05) is 52.3 Å². The molecule has 5 nitrogen and oxygen atoms in total. The maximum atomic E-state index is 10.5. The van der Waals surface area contributed by atoms with Gasteiger partial charge in [-0.05, 0) is 32.0 Å². The molecule has 0 aliphatic rings. The molecule has 0 saturated heterocycles. The van der Waals surface area contributed by atoms with Crippen molar-refractivity contribution in [2.45, 2.75) is 13.8 Å². The number of phenols is 1. The van der Waals surface area contributed by atoms with Crippen LogP contribution >= 0.6 is 27.3 Å². The van der Waals surface area contributed by atoms with Gasteiger partial charge in [-0.2, -0.15) is 5.10 Å². The second-order valence-corrected chi connectivity index (χ2v) is 8.03. The van der Waals surface area contributed by atoms with Crippen molar-refractivity contribution in [1.82, 2.24) is 4.68 Å². The molecule has 0 spiro atoms. The van der Waals surface area contributed by atoms with E-state index in [4.69, 9.17) is 4.74 Å². The number of ether oxygens (including phenoxy) is 1. The Labute approximate surface area is 182 Å². The molecule has 3 rings (SSSR count). The molecule has 0 aliphatic carbocycles. The molecule has 3 aromatic rings. The lowest BCUT2D eigenvalue weighted by molar-refractivity contribution is 0.318. The van der Waals surface area contributed by atoms with Crippen LogP contribution in [-0.2, 0) is 0 Å². The van der Waals surface area contributed by atoms with Crippen molar-refractivity contribution in [2.24, 2.45) is 10.1 Å². The largest absolute Gasteiger partial charge is 0.504 e. The van der Waals surface area contributed by atoms with Crippen LogP contribution in [0, 0.1) is 0 Å². The van der Waals surface area contributed by atoms with Gasteiger partial charge in [-0.3, -0.25) is 4.99 Å². The Morgan fingerprint density at radius 2 is 2.07 bits per heavy atom. The molecule has 0 bridgehead atoms. The molecular weight excluding hydrogens is 450 g/mol. The van der Waals surface area contributed by atoms with Gasteiger partial charge in [0.2, 0.25) is 4.80 Å². The number of benzene rings is 2. The standard InChI is InChI=1S/C22H22BrN3O2S/c1-4-28-20-11-7-8-16(21(20)27)13-25-26-19(17-9-5-6-10-18(17)23)14-29-22(26)24-12-15(2)3/h5-11,13-14,27H,2,4,12H2,1,3H3. The fourth-order valence-electron chi connectivity index (χ4n) is 2.61. The topological polar surface area (TPSA) is 59.1 Å². The molecule has 1 aromatic heterocycles. The number of para-hydroxylation sites is 1. The highest BCUT2D eigenvalue weighted by molar-refractivity contribution is 9.10. The molecule has 0 atom stereocenters. The van der Waals surface area contributed by atoms with E-state index in [0.717, 1.165) is 26.1 Å². The molecule has 0 amide bonds. The Hall–Kier alpha value is -2.64. The van der Waals surface area contributed by atoms with Crippen LogP contribution < -0.4 is 9.54 Å². The zero-order valence-electron chi connectivity index (χ0n) is 16.3. The first-order chi connectivity index (χ1) is 14.0. The Balaban J connectivity index is 2.10. The zero-order valence-corrected chi connectivity index (χ0v) is 18.7.